The molecule has 112 valence electrons. The first-order chi connectivity index (χ1) is 9.46. The summed E-state index contributed by atoms with van der Waals surface area (Å²) in [7, 11) is 0. The van der Waals surface area contributed by atoms with E-state index >= 15 is 0 Å². The van der Waals surface area contributed by atoms with E-state index in [9.17, 15) is 13.2 Å². The molecule has 1 N–H and O–H groups in total. The van der Waals surface area contributed by atoms with Gasteiger partial charge in [0.1, 0.15) is 5.75 Å². The molecule has 0 radical (unpaired) electrons. The van der Waals surface area contributed by atoms with E-state index in [2.05, 4.69) is 5.32 Å². The van der Waals surface area contributed by atoms with Gasteiger partial charge in [-0.25, -0.2) is 0 Å². The van der Waals surface area contributed by atoms with Gasteiger partial charge in [-0.15, -0.1) is 0 Å². The Morgan fingerprint density at radius 3 is 2.70 bits per heavy atom. The third-order valence-electron chi connectivity index (χ3n) is 3.30. The van der Waals surface area contributed by atoms with Gasteiger partial charge in [-0.1, -0.05) is 18.2 Å². The Morgan fingerprint density at radius 2 is 2.05 bits per heavy atom. The van der Waals surface area contributed by atoms with Crippen molar-refractivity contribution in [1.82, 2.24) is 5.32 Å². The first-order valence-electron chi connectivity index (χ1n) is 6.97. The van der Waals surface area contributed by atoms with E-state index in [1.807, 2.05) is 25.1 Å². The van der Waals surface area contributed by atoms with E-state index in [1.165, 1.54) is 12.8 Å². The predicted molar refractivity (Wildman–Crippen MR) is 71.8 cm³/mol. The highest BCUT2D eigenvalue weighted by atomic mass is 19.4. The summed E-state index contributed by atoms with van der Waals surface area (Å²) < 4.78 is 41.8. The lowest BCUT2D eigenvalue weighted by atomic mass is 10.1. The van der Waals surface area contributed by atoms with Gasteiger partial charge >= 0.3 is 6.18 Å². The van der Waals surface area contributed by atoms with Crippen molar-refractivity contribution in [1.29, 1.82) is 0 Å². The molecule has 20 heavy (non-hydrogen) atoms. The normalized spacial score (nSPS) is 15.4. The number of hydrogen-bond donors (Lipinski definition) is 1. The third-order valence-corrected chi connectivity index (χ3v) is 3.30. The van der Waals surface area contributed by atoms with Crippen molar-refractivity contribution >= 4 is 0 Å². The Hall–Kier alpha value is -1.23. The fraction of sp³-hybridized carbons (Fsp3) is 0.600. The van der Waals surface area contributed by atoms with E-state index in [-0.39, 0.29) is 13.0 Å². The molecule has 1 aromatic rings. The Labute approximate surface area is 117 Å². The second-order valence-corrected chi connectivity index (χ2v) is 5.29. The zero-order valence-corrected chi connectivity index (χ0v) is 11.6. The van der Waals surface area contributed by atoms with Gasteiger partial charge in [0.15, 0.2) is 0 Å². The fourth-order valence-electron chi connectivity index (χ4n) is 2.05. The second-order valence-electron chi connectivity index (χ2n) is 5.29. The molecule has 2 nitrogen and oxygen atoms in total. The molecule has 0 atom stereocenters. The maximum Gasteiger partial charge on any atom is 0.389 e. The first-order valence-corrected chi connectivity index (χ1v) is 6.97. The number of para-hydroxylation sites is 1. The largest absolute Gasteiger partial charge is 0.493 e. The summed E-state index contributed by atoms with van der Waals surface area (Å²) in [6.07, 6.45) is -2.51. The molecule has 1 saturated carbocycles. The molecule has 0 aliphatic heterocycles. The molecule has 0 heterocycles. The van der Waals surface area contributed by atoms with Crippen molar-refractivity contribution in [3.63, 3.8) is 0 Å². The molecule has 1 fully saturated rings. The van der Waals surface area contributed by atoms with Gasteiger partial charge in [0.25, 0.3) is 0 Å². The van der Waals surface area contributed by atoms with E-state index in [4.69, 9.17) is 4.74 Å². The smallest absolute Gasteiger partial charge is 0.389 e. The minimum atomic E-state index is -4.11. The number of nitrogens with one attached hydrogen (secondary N) is 1. The van der Waals surface area contributed by atoms with E-state index in [0.717, 1.165) is 16.9 Å². The zero-order chi connectivity index (χ0) is 14.6. The lowest BCUT2D eigenvalue weighted by molar-refractivity contribution is -0.136. The molecule has 0 spiro atoms. The number of halogens is 3. The van der Waals surface area contributed by atoms with Crippen LogP contribution >= 0.6 is 0 Å². The first kappa shape index (κ1) is 15.2. The van der Waals surface area contributed by atoms with Crippen LogP contribution in [0.5, 0.6) is 5.75 Å². The summed E-state index contributed by atoms with van der Waals surface area (Å²) in [5, 5.41) is 3.40. The van der Waals surface area contributed by atoms with Crippen LogP contribution in [0, 0.1) is 6.92 Å². The van der Waals surface area contributed by atoms with Crippen molar-refractivity contribution in [2.45, 2.75) is 51.4 Å². The predicted octanol–water partition coefficient (Wildman–Crippen LogP) is 3.97. The standard InChI is InChI=1S/C15H20F3NO/c1-11-4-2-5-12(10-19-13-6-7-13)14(11)20-9-3-8-15(16,17)18/h2,4-5,13,19H,3,6-10H2,1H3. The van der Waals surface area contributed by atoms with Gasteiger partial charge in [0.2, 0.25) is 0 Å². The summed E-state index contributed by atoms with van der Waals surface area (Å²) in [5.41, 5.74) is 1.98. The van der Waals surface area contributed by atoms with Crippen LogP contribution in [0.1, 0.15) is 36.8 Å². The maximum atomic E-state index is 12.1. The van der Waals surface area contributed by atoms with Crippen LogP contribution < -0.4 is 10.1 Å². The number of aryl methyl sites for hydroxylation is 1. The van der Waals surface area contributed by atoms with E-state index < -0.39 is 12.6 Å². The molecule has 1 aliphatic carbocycles. The lowest BCUT2D eigenvalue weighted by Crippen LogP contribution is -2.17. The Kier molecular flexibility index (Phi) is 4.91. The summed E-state index contributed by atoms with van der Waals surface area (Å²) in [5.74, 6) is 0.725. The van der Waals surface area contributed by atoms with Gasteiger partial charge in [-0.05, 0) is 31.7 Å². The average molecular weight is 287 g/mol. The van der Waals surface area contributed by atoms with Crippen molar-refractivity contribution in [3.8, 4) is 5.75 Å². The summed E-state index contributed by atoms with van der Waals surface area (Å²) in [6.45, 7) is 2.72. The van der Waals surface area contributed by atoms with Gasteiger partial charge in [-0.3, -0.25) is 0 Å². The highest BCUT2D eigenvalue weighted by molar-refractivity contribution is 5.40. The van der Waals surface area contributed by atoms with Crippen LogP contribution in [0.3, 0.4) is 0 Å². The van der Waals surface area contributed by atoms with Gasteiger partial charge in [0, 0.05) is 24.6 Å². The van der Waals surface area contributed by atoms with Crippen LogP contribution in [0.15, 0.2) is 18.2 Å². The number of benzene rings is 1. The summed E-state index contributed by atoms with van der Waals surface area (Å²) in [4.78, 5) is 0. The maximum absolute atomic E-state index is 12.1. The number of ether oxygens (including phenoxy) is 1. The molecule has 2 rings (SSSR count). The number of alkyl halides is 3. The van der Waals surface area contributed by atoms with Crippen LogP contribution in [0.2, 0.25) is 0 Å². The van der Waals surface area contributed by atoms with Crippen LogP contribution in [-0.2, 0) is 6.54 Å². The molecule has 5 heteroatoms. The Balaban J connectivity index is 1.87. The molecular formula is C15H20F3NO. The Morgan fingerprint density at radius 1 is 1.30 bits per heavy atom. The molecule has 0 bridgehead atoms. The minimum Gasteiger partial charge on any atom is -0.493 e. The third kappa shape index (κ3) is 5.04. The Bertz CT molecular complexity index is 441. The summed E-state index contributed by atoms with van der Waals surface area (Å²) >= 11 is 0. The van der Waals surface area contributed by atoms with Crippen LogP contribution in [0.25, 0.3) is 0 Å². The quantitative estimate of drug-likeness (QED) is 0.766. The zero-order valence-electron chi connectivity index (χ0n) is 11.6. The molecule has 1 aliphatic rings. The fourth-order valence-corrected chi connectivity index (χ4v) is 2.05. The lowest BCUT2D eigenvalue weighted by Gasteiger charge is -2.15. The van der Waals surface area contributed by atoms with Gasteiger partial charge < -0.3 is 10.1 Å². The van der Waals surface area contributed by atoms with Crippen LogP contribution in [0.4, 0.5) is 13.2 Å². The molecule has 0 aromatic heterocycles. The van der Waals surface area contributed by atoms with E-state index in [0.29, 0.717) is 12.6 Å². The van der Waals surface area contributed by atoms with E-state index in [1.54, 1.807) is 0 Å². The van der Waals surface area contributed by atoms with Crippen molar-refractivity contribution in [3.05, 3.63) is 29.3 Å². The second kappa shape index (κ2) is 6.48. The molecular weight excluding hydrogens is 267 g/mol. The van der Waals surface area contributed by atoms with Crippen LogP contribution in [-0.4, -0.2) is 18.8 Å². The highest BCUT2D eigenvalue weighted by Crippen LogP contribution is 2.27. The van der Waals surface area contributed by atoms with Gasteiger partial charge in [0.05, 0.1) is 6.61 Å². The highest BCUT2D eigenvalue weighted by Gasteiger charge is 2.26. The molecule has 0 unspecified atom stereocenters. The molecule has 0 saturated heterocycles. The monoisotopic (exact) mass is 287 g/mol. The van der Waals surface area contributed by atoms with Gasteiger partial charge in [-0.2, -0.15) is 13.2 Å². The van der Waals surface area contributed by atoms with Crippen molar-refractivity contribution < 1.29 is 17.9 Å². The SMILES string of the molecule is Cc1cccc(CNC2CC2)c1OCCCC(F)(F)F. The average Bonchev–Trinajstić information content (AvgIpc) is 3.17. The number of rotatable bonds is 7. The van der Waals surface area contributed by atoms with Crippen molar-refractivity contribution in [2.75, 3.05) is 6.61 Å². The number of hydrogen-bond acceptors (Lipinski definition) is 2. The molecule has 0 amide bonds. The summed E-state index contributed by atoms with van der Waals surface area (Å²) in [6, 6.07) is 6.41. The van der Waals surface area contributed by atoms with Crippen molar-refractivity contribution in [2.24, 2.45) is 0 Å². The molecule has 1 aromatic carbocycles. The minimum absolute atomic E-state index is 0.00662. The topological polar surface area (TPSA) is 21.3 Å².